The van der Waals surface area contributed by atoms with Crippen LogP contribution in [-0.4, -0.2) is 47.1 Å². The maximum absolute atomic E-state index is 13.1. The van der Waals surface area contributed by atoms with E-state index < -0.39 is 0 Å². The van der Waals surface area contributed by atoms with Gasteiger partial charge in [-0.2, -0.15) is 11.8 Å². The lowest BCUT2D eigenvalue weighted by atomic mass is 9.97. The van der Waals surface area contributed by atoms with Gasteiger partial charge in [0.15, 0.2) is 0 Å². The van der Waals surface area contributed by atoms with Gasteiger partial charge < -0.3 is 10.2 Å². The fourth-order valence-electron chi connectivity index (χ4n) is 2.96. The SMILES string of the molecule is CCNC(c1ccc(F)cn1)C(C)CN1CCSC(C)C1. The Bertz CT molecular complexity index is 426. The molecule has 1 aromatic heterocycles. The van der Waals surface area contributed by atoms with E-state index >= 15 is 0 Å². The molecule has 1 N–H and O–H groups in total. The van der Waals surface area contributed by atoms with Crippen LogP contribution in [-0.2, 0) is 0 Å². The minimum absolute atomic E-state index is 0.181. The van der Waals surface area contributed by atoms with E-state index in [9.17, 15) is 4.39 Å². The van der Waals surface area contributed by atoms with Crippen LogP contribution in [0, 0.1) is 11.7 Å². The fourth-order valence-corrected chi connectivity index (χ4v) is 4.04. The molecule has 0 amide bonds. The van der Waals surface area contributed by atoms with Gasteiger partial charge >= 0.3 is 0 Å². The van der Waals surface area contributed by atoms with Crippen LogP contribution in [0.25, 0.3) is 0 Å². The van der Waals surface area contributed by atoms with Crippen molar-refractivity contribution in [2.24, 2.45) is 5.92 Å². The highest BCUT2D eigenvalue weighted by Gasteiger charge is 2.24. The Hall–Kier alpha value is -0.650. The first-order chi connectivity index (χ1) is 10.1. The van der Waals surface area contributed by atoms with Crippen molar-refractivity contribution in [3.63, 3.8) is 0 Å². The van der Waals surface area contributed by atoms with Crippen molar-refractivity contribution in [1.29, 1.82) is 0 Å². The first kappa shape index (κ1) is 16.7. The van der Waals surface area contributed by atoms with Gasteiger partial charge in [0.25, 0.3) is 0 Å². The number of nitrogens with zero attached hydrogens (tertiary/aromatic N) is 2. The molecule has 0 aliphatic carbocycles. The standard InChI is InChI=1S/C16H26FN3S/c1-4-18-16(15-6-5-14(17)9-19-15)12(2)10-20-7-8-21-13(3)11-20/h5-6,9,12-13,16,18H,4,7-8,10-11H2,1-3H3. The number of pyridine rings is 1. The summed E-state index contributed by atoms with van der Waals surface area (Å²) < 4.78 is 13.1. The minimum Gasteiger partial charge on any atom is -0.309 e. The Balaban J connectivity index is 2.01. The van der Waals surface area contributed by atoms with Crippen molar-refractivity contribution in [2.45, 2.75) is 32.1 Å². The summed E-state index contributed by atoms with van der Waals surface area (Å²) in [5, 5.41) is 4.22. The maximum atomic E-state index is 13.1. The highest BCUT2D eigenvalue weighted by Crippen LogP contribution is 2.24. The lowest BCUT2D eigenvalue weighted by Gasteiger charge is -2.35. The zero-order valence-electron chi connectivity index (χ0n) is 13.2. The molecule has 0 spiro atoms. The van der Waals surface area contributed by atoms with Crippen molar-refractivity contribution >= 4 is 11.8 Å². The third-order valence-electron chi connectivity index (χ3n) is 3.93. The molecule has 3 nitrogen and oxygen atoms in total. The van der Waals surface area contributed by atoms with Crippen molar-refractivity contribution in [3.05, 3.63) is 29.8 Å². The van der Waals surface area contributed by atoms with E-state index in [0.717, 1.165) is 31.9 Å². The number of thioether (sulfide) groups is 1. The number of nitrogens with one attached hydrogen (secondary N) is 1. The first-order valence-electron chi connectivity index (χ1n) is 7.79. The summed E-state index contributed by atoms with van der Waals surface area (Å²) in [4.78, 5) is 6.81. The smallest absolute Gasteiger partial charge is 0.141 e. The fraction of sp³-hybridized carbons (Fsp3) is 0.688. The van der Waals surface area contributed by atoms with Gasteiger partial charge in [0.1, 0.15) is 5.82 Å². The van der Waals surface area contributed by atoms with Crippen LogP contribution in [0.1, 0.15) is 32.5 Å². The van der Waals surface area contributed by atoms with Crippen LogP contribution in [0.5, 0.6) is 0 Å². The predicted octanol–water partition coefficient (Wildman–Crippen LogP) is 2.94. The van der Waals surface area contributed by atoms with Crippen molar-refractivity contribution in [3.8, 4) is 0 Å². The Morgan fingerprint density at radius 1 is 1.52 bits per heavy atom. The number of hydrogen-bond donors (Lipinski definition) is 1. The normalized spacial score (nSPS) is 23.0. The van der Waals surface area contributed by atoms with Gasteiger partial charge in [-0.25, -0.2) is 4.39 Å². The lowest BCUT2D eigenvalue weighted by molar-refractivity contribution is 0.217. The van der Waals surface area contributed by atoms with Gasteiger partial charge in [-0.15, -0.1) is 0 Å². The summed E-state index contributed by atoms with van der Waals surface area (Å²) in [6.07, 6.45) is 1.31. The van der Waals surface area contributed by atoms with E-state index in [2.05, 4.69) is 47.7 Å². The van der Waals surface area contributed by atoms with Crippen LogP contribution in [0.4, 0.5) is 4.39 Å². The molecule has 1 saturated heterocycles. The van der Waals surface area contributed by atoms with Gasteiger partial charge in [0, 0.05) is 30.6 Å². The predicted molar refractivity (Wildman–Crippen MR) is 88.1 cm³/mol. The summed E-state index contributed by atoms with van der Waals surface area (Å²) in [5.74, 6) is 1.39. The van der Waals surface area contributed by atoms with Gasteiger partial charge in [-0.1, -0.05) is 20.8 Å². The molecule has 1 aliphatic heterocycles. The van der Waals surface area contributed by atoms with Crippen LogP contribution >= 0.6 is 11.8 Å². The largest absolute Gasteiger partial charge is 0.309 e. The van der Waals surface area contributed by atoms with Gasteiger partial charge in [0.2, 0.25) is 0 Å². The minimum atomic E-state index is -0.275. The zero-order chi connectivity index (χ0) is 15.2. The second-order valence-corrected chi connectivity index (χ2v) is 7.40. The van der Waals surface area contributed by atoms with E-state index in [4.69, 9.17) is 0 Å². The second-order valence-electron chi connectivity index (χ2n) is 5.85. The molecule has 1 aromatic rings. The summed E-state index contributed by atoms with van der Waals surface area (Å²) in [5.41, 5.74) is 0.935. The summed E-state index contributed by atoms with van der Waals surface area (Å²) >= 11 is 2.05. The van der Waals surface area contributed by atoms with E-state index in [1.807, 2.05) is 0 Å². The van der Waals surface area contributed by atoms with Crippen molar-refractivity contribution in [1.82, 2.24) is 15.2 Å². The van der Waals surface area contributed by atoms with Crippen molar-refractivity contribution in [2.75, 3.05) is 31.9 Å². The number of hydrogen-bond acceptors (Lipinski definition) is 4. The monoisotopic (exact) mass is 311 g/mol. The molecule has 2 heterocycles. The third kappa shape index (κ3) is 4.94. The number of rotatable bonds is 6. The van der Waals surface area contributed by atoms with Crippen molar-refractivity contribution < 1.29 is 4.39 Å². The molecule has 0 radical (unpaired) electrons. The van der Waals surface area contributed by atoms with Crippen LogP contribution in [0.3, 0.4) is 0 Å². The second kappa shape index (κ2) is 8.11. The molecule has 0 aromatic carbocycles. The molecule has 3 atom stereocenters. The molecule has 1 aliphatic rings. The van der Waals surface area contributed by atoms with E-state index in [1.165, 1.54) is 18.0 Å². The Kier molecular flexibility index (Phi) is 6.45. The molecule has 2 rings (SSSR count). The molecule has 5 heteroatoms. The molecular weight excluding hydrogens is 285 g/mol. The van der Waals surface area contributed by atoms with Gasteiger partial charge in [0.05, 0.1) is 17.9 Å². The quantitative estimate of drug-likeness (QED) is 0.874. The highest BCUT2D eigenvalue weighted by atomic mass is 32.2. The molecule has 1 fully saturated rings. The average Bonchev–Trinajstić information content (AvgIpc) is 2.46. The van der Waals surface area contributed by atoms with Gasteiger partial charge in [-0.05, 0) is 24.6 Å². The lowest BCUT2D eigenvalue weighted by Crippen LogP contribution is -2.42. The zero-order valence-corrected chi connectivity index (χ0v) is 14.0. The van der Waals surface area contributed by atoms with E-state index in [-0.39, 0.29) is 11.9 Å². The van der Waals surface area contributed by atoms with Crippen LogP contribution in [0.2, 0.25) is 0 Å². The Morgan fingerprint density at radius 3 is 2.95 bits per heavy atom. The summed E-state index contributed by atoms with van der Waals surface area (Å²) in [7, 11) is 0. The van der Waals surface area contributed by atoms with Gasteiger partial charge in [-0.3, -0.25) is 4.98 Å². The number of aromatic nitrogens is 1. The Morgan fingerprint density at radius 2 is 2.33 bits per heavy atom. The third-order valence-corrected chi connectivity index (χ3v) is 5.07. The average molecular weight is 311 g/mol. The molecular formula is C16H26FN3S. The number of halogens is 1. The van der Waals surface area contributed by atoms with E-state index in [1.54, 1.807) is 6.07 Å². The molecule has 3 unspecified atom stereocenters. The Labute approximate surface area is 131 Å². The summed E-state index contributed by atoms with van der Waals surface area (Å²) in [6, 6.07) is 3.48. The molecule has 21 heavy (non-hydrogen) atoms. The van der Waals surface area contributed by atoms with Crippen LogP contribution in [0.15, 0.2) is 18.3 Å². The maximum Gasteiger partial charge on any atom is 0.141 e. The highest BCUT2D eigenvalue weighted by molar-refractivity contribution is 7.99. The molecule has 118 valence electrons. The topological polar surface area (TPSA) is 28.2 Å². The van der Waals surface area contributed by atoms with Crippen LogP contribution < -0.4 is 5.32 Å². The molecule has 0 bridgehead atoms. The molecule has 0 saturated carbocycles. The summed E-state index contributed by atoms with van der Waals surface area (Å²) in [6.45, 7) is 10.9. The first-order valence-corrected chi connectivity index (χ1v) is 8.83. The van der Waals surface area contributed by atoms with E-state index in [0.29, 0.717) is 11.2 Å².